The summed E-state index contributed by atoms with van der Waals surface area (Å²) in [6.45, 7) is 0. The van der Waals surface area contributed by atoms with Crippen molar-refractivity contribution in [3.8, 4) is 11.1 Å². The molecule has 0 spiro atoms. The van der Waals surface area contributed by atoms with Crippen molar-refractivity contribution in [3.63, 3.8) is 0 Å². The Morgan fingerprint density at radius 2 is 1.95 bits per heavy atom. The maximum atomic E-state index is 13.1. The molecule has 2 aromatic heterocycles. The number of benzene rings is 1. The van der Waals surface area contributed by atoms with E-state index in [1.165, 1.54) is 22.6 Å². The fraction of sp³-hybridized carbons (Fsp3) is 0.118. The van der Waals surface area contributed by atoms with Crippen molar-refractivity contribution < 1.29 is 9.18 Å². The third kappa shape index (κ3) is 2.26. The molecule has 110 valence electrons. The van der Waals surface area contributed by atoms with Crippen LogP contribution in [0.3, 0.4) is 0 Å². The highest BCUT2D eigenvalue weighted by atomic mass is 32.1. The minimum absolute atomic E-state index is 0.0328. The Bertz CT molecular complexity index is 821. The average Bonchev–Trinajstić information content (AvgIpc) is 3.16. The molecule has 1 aromatic carbocycles. The number of hydrogen-bond acceptors (Lipinski definition) is 3. The van der Waals surface area contributed by atoms with E-state index >= 15 is 0 Å². The lowest BCUT2D eigenvalue weighted by Gasteiger charge is -2.23. The first-order valence-electron chi connectivity index (χ1n) is 6.91. The molecule has 0 radical (unpaired) electrons. The van der Waals surface area contributed by atoms with Crippen LogP contribution in [0.15, 0.2) is 46.5 Å². The van der Waals surface area contributed by atoms with Gasteiger partial charge in [0.1, 0.15) is 5.82 Å². The maximum Gasteiger partial charge on any atom is 0.225 e. The van der Waals surface area contributed by atoms with Gasteiger partial charge in [-0.15, -0.1) is 11.3 Å². The molecule has 1 amide bonds. The summed E-state index contributed by atoms with van der Waals surface area (Å²) in [4.78, 5) is 13.3. The molecule has 3 heterocycles. The monoisotopic (exact) mass is 329 g/mol. The molecule has 4 rings (SSSR count). The number of halogens is 1. The minimum atomic E-state index is -0.256. The molecule has 0 saturated heterocycles. The van der Waals surface area contributed by atoms with Gasteiger partial charge in [0.2, 0.25) is 5.91 Å². The largest absolute Gasteiger partial charge is 0.325 e. The zero-order valence-corrected chi connectivity index (χ0v) is 13.1. The number of carbonyl (C=O) groups is 1. The van der Waals surface area contributed by atoms with Crippen molar-refractivity contribution >= 4 is 34.3 Å². The molecule has 0 fully saturated rings. The molecule has 0 saturated carbocycles. The third-order valence-corrected chi connectivity index (χ3v) is 5.69. The number of rotatable bonds is 2. The summed E-state index contributed by atoms with van der Waals surface area (Å²) < 4.78 is 13.1. The molecule has 22 heavy (non-hydrogen) atoms. The Kier molecular flexibility index (Phi) is 3.32. The summed E-state index contributed by atoms with van der Waals surface area (Å²) in [6, 6.07) is 8.46. The number of hydrogen-bond donors (Lipinski definition) is 1. The first kappa shape index (κ1) is 13.7. The van der Waals surface area contributed by atoms with Gasteiger partial charge in [-0.05, 0) is 40.1 Å². The number of amides is 1. The van der Waals surface area contributed by atoms with Crippen LogP contribution in [-0.2, 0) is 4.79 Å². The van der Waals surface area contributed by atoms with E-state index in [9.17, 15) is 9.18 Å². The van der Waals surface area contributed by atoms with Gasteiger partial charge in [-0.25, -0.2) is 4.39 Å². The molecule has 3 aromatic rings. The van der Waals surface area contributed by atoms with Crippen LogP contribution < -0.4 is 5.32 Å². The van der Waals surface area contributed by atoms with E-state index in [-0.39, 0.29) is 17.6 Å². The first-order valence-corrected chi connectivity index (χ1v) is 8.74. The standard InChI is InChI=1S/C17H12FNOS2/c18-12-3-1-10(2-4-12)14-9-22-17-13(11-5-6-21-8-11)7-15(20)19-16(14)17/h1-6,8-9,13H,7H2,(H,19,20). The second-order valence-electron chi connectivity index (χ2n) is 5.26. The zero-order chi connectivity index (χ0) is 15.1. The van der Waals surface area contributed by atoms with Crippen LogP contribution in [0.2, 0.25) is 0 Å². The number of fused-ring (bicyclic) bond motifs is 1. The summed E-state index contributed by atoms with van der Waals surface area (Å²) in [6.07, 6.45) is 0.479. The smallest absolute Gasteiger partial charge is 0.225 e. The van der Waals surface area contributed by atoms with Crippen LogP contribution in [-0.4, -0.2) is 5.91 Å². The van der Waals surface area contributed by atoms with Gasteiger partial charge >= 0.3 is 0 Å². The van der Waals surface area contributed by atoms with Gasteiger partial charge in [0.05, 0.1) is 5.69 Å². The van der Waals surface area contributed by atoms with Gasteiger partial charge in [-0.2, -0.15) is 11.3 Å². The number of carbonyl (C=O) groups excluding carboxylic acids is 1. The normalized spacial score (nSPS) is 17.1. The molecule has 1 aliphatic rings. The Hall–Kier alpha value is -1.98. The molecular weight excluding hydrogens is 317 g/mol. The highest BCUT2D eigenvalue weighted by Gasteiger charge is 2.30. The van der Waals surface area contributed by atoms with Crippen molar-refractivity contribution in [2.24, 2.45) is 0 Å². The molecule has 1 aliphatic heterocycles. The van der Waals surface area contributed by atoms with Gasteiger partial charge < -0.3 is 5.32 Å². The van der Waals surface area contributed by atoms with E-state index < -0.39 is 0 Å². The van der Waals surface area contributed by atoms with Gasteiger partial charge in [0.15, 0.2) is 0 Å². The Labute approximate surface area is 135 Å². The maximum absolute atomic E-state index is 13.1. The first-order chi connectivity index (χ1) is 10.7. The van der Waals surface area contributed by atoms with E-state index in [2.05, 4.69) is 16.8 Å². The Morgan fingerprint density at radius 3 is 2.68 bits per heavy atom. The van der Waals surface area contributed by atoms with Crippen molar-refractivity contribution in [1.29, 1.82) is 0 Å². The topological polar surface area (TPSA) is 29.1 Å². The van der Waals surface area contributed by atoms with Crippen LogP contribution in [0.4, 0.5) is 10.1 Å². The third-order valence-electron chi connectivity index (χ3n) is 3.89. The lowest BCUT2D eigenvalue weighted by atomic mass is 9.91. The molecule has 1 unspecified atom stereocenters. The second kappa shape index (κ2) is 5.34. The fourth-order valence-electron chi connectivity index (χ4n) is 2.81. The highest BCUT2D eigenvalue weighted by Crippen LogP contribution is 2.46. The second-order valence-corrected chi connectivity index (χ2v) is 6.95. The summed E-state index contributed by atoms with van der Waals surface area (Å²) in [5.41, 5.74) is 3.95. The summed E-state index contributed by atoms with van der Waals surface area (Å²) in [7, 11) is 0. The van der Waals surface area contributed by atoms with E-state index in [0.717, 1.165) is 16.8 Å². The molecule has 0 bridgehead atoms. The summed E-state index contributed by atoms with van der Waals surface area (Å²) >= 11 is 3.30. The van der Waals surface area contributed by atoms with Gasteiger partial charge in [0, 0.05) is 28.2 Å². The molecular formula is C17H12FNOS2. The van der Waals surface area contributed by atoms with Crippen LogP contribution >= 0.6 is 22.7 Å². The number of thiophene rings is 2. The lowest BCUT2D eigenvalue weighted by molar-refractivity contribution is -0.116. The van der Waals surface area contributed by atoms with Gasteiger partial charge in [0.25, 0.3) is 0 Å². The molecule has 0 aliphatic carbocycles. The fourth-order valence-corrected chi connectivity index (χ4v) is 4.69. The van der Waals surface area contributed by atoms with E-state index in [1.54, 1.807) is 34.8 Å². The molecule has 2 nitrogen and oxygen atoms in total. The molecule has 5 heteroatoms. The van der Waals surface area contributed by atoms with Gasteiger partial charge in [-0.3, -0.25) is 4.79 Å². The van der Waals surface area contributed by atoms with Crippen molar-refractivity contribution in [2.45, 2.75) is 12.3 Å². The van der Waals surface area contributed by atoms with E-state index in [4.69, 9.17) is 0 Å². The molecule has 1 N–H and O–H groups in total. The van der Waals surface area contributed by atoms with Crippen LogP contribution in [0, 0.1) is 5.82 Å². The van der Waals surface area contributed by atoms with Crippen LogP contribution in [0.25, 0.3) is 11.1 Å². The quantitative estimate of drug-likeness (QED) is 0.697. The predicted octanol–water partition coefficient (Wildman–Crippen LogP) is 5.09. The SMILES string of the molecule is O=C1CC(c2ccsc2)c2scc(-c3ccc(F)cc3)c2N1. The van der Waals surface area contributed by atoms with Gasteiger partial charge in [-0.1, -0.05) is 12.1 Å². The van der Waals surface area contributed by atoms with E-state index in [1.807, 2.05) is 10.8 Å². The predicted molar refractivity (Wildman–Crippen MR) is 89.1 cm³/mol. The van der Waals surface area contributed by atoms with Crippen molar-refractivity contribution in [3.05, 3.63) is 62.7 Å². The van der Waals surface area contributed by atoms with Crippen LogP contribution in [0.1, 0.15) is 22.8 Å². The number of nitrogens with one attached hydrogen (secondary N) is 1. The Morgan fingerprint density at radius 1 is 1.14 bits per heavy atom. The highest BCUT2D eigenvalue weighted by molar-refractivity contribution is 7.11. The van der Waals surface area contributed by atoms with Crippen LogP contribution in [0.5, 0.6) is 0 Å². The lowest BCUT2D eigenvalue weighted by Crippen LogP contribution is -2.22. The summed E-state index contributed by atoms with van der Waals surface area (Å²) in [5, 5.41) is 9.18. The molecule has 1 atom stereocenters. The Balaban J connectivity index is 1.82. The van der Waals surface area contributed by atoms with E-state index in [0.29, 0.717) is 6.42 Å². The summed E-state index contributed by atoms with van der Waals surface area (Å²) in [5.74, 6) is -0.104. The average molecular weight is 329 g/mol. The van der Waals surface area contributed by atoms with Crippen molar-refractivity contribution in [2.75, 3.05) is 5.32 Å². The zero-order valence-electron chi connectivity index (χ0n) is 11.5. The number of anilines is 1. The van der Waals surface area contributed by atoms with Crippen molar-refractivity contribution in [1.82, 2.24) is 0 Å². The minimum Gasteiger partial charge on any atom is -0.325 e.